The van der Waals surface area contributed by atoms with Crippen LogP contribution in [0, 0.1) is 23.7 Å². The lowest BCUT2D eigenvalue weighted by atomic mass is 9.71. The molecule has 7 rings (SSSR count). The van der Waals surface area contributed by atoms with Crippen molar-refractivity contribution in [1.82, 2.24) is 0 Å². The molecule has 0 unspecified atom stereocenters. The molecular weight excluding hydrogens is 815 g/mol. The predicted molar refractivity (Wildman–Crippen MR) is 230 cm³/mol. The first-order valence-corrected chi connectivity index (χ1v) is 23.1. The number of hydrogen-bond donors (Lipinski definition) is 3. The van der Waals surface area contributed by atoms with Crippen LogP contribution >= 0.6 is 0 Å². The fourth-order valence-corrected chi connectivity index (χ4v) is 10.7. The summed E-state index contributed by atoms with van der Waals surface area (Å²) in [6.07, 6.45) is 9.24. The maximum absolute atomic E-state index is 14.4. The summed E-state index contributed by atoms with van der Waals surface area (Å²) in [6.45, 7) is 16.2. The number of carbonyl (C=O) groups excluding carboxylic acids is 1. The van der Waals surface area contributed by atoms with Crippen molar-refractivity contribution in [2.75, 3.05) is 20.8 Å². The van der Waals surface area contributed by atoms with Crippen LogP contribution in [0.1, 0.15) is 93.9 Å². The van der Waals surface area contributed by atoms with Crippen LogP contribution in [0.5, 0.6) is 0 Å². The number of nitrogens with two attached hydrogens (primary N) is 1. The summed E-state index contributed by atoms with van der Waals surface area (Å²) in [6, 6.07) is 0. The number of allylic oxidation sites excluding steroid dienone is 2. The lowest BCUT2D eigenvalue weighted by Gasteiger charge is -2.48. The Balaban J connectivity index is 1.18. The minimum absolute atomic E-state index is 0.0325. The highest BCUT2D eigenvalue weighted by atomic mass is 16.7. The zero-order valence-electron chi connectivity index (χ0n) is 38.8. The molecule has 6 heterocycles. The average Bonchev–Trinajstić information content (AvgIpc) is 3.60. The molecule has 0 aromatic heterocycles. The van der Waals surface area contributed by atoms with Crippen LogP contribution in [0.25, 0.3) is 0 Å². The summed E-state index contributed by atoms with van der Waals surface area (Å²) >= 11 is 0. The summed E-state index contributed by atoms with van der Waals surface area (Å²) < 4.78 is 64.1. The van der Waals surface area contributed by atoms with E-state index >= 15 is 0 Å². The van der Waals surface area contributed by atoms with E-state index in [0.717, 1.165) is 12.0 Å². The Morgan fingerprint density at radius 2 is 1.59 bits per heavy atom. The molecule has 1 spiro atoms. The summed E-state index contributed by atoms with van der Waals surface area (Å²) in [4.78, 5) is 19.5. The van der Waals surface area contributed by atoms with Crippen LogP contribution in [0.2, 0.25) is 0 Å². The maximum atomic E-state index is 14.4. The minimum atomic E-state index is -1.84. The van der Waals surface area contributed by atoms with Gasteiger partial charge >= 0.3 is 5.97 Å². The third-order valence-corrected chi connectivity index (χ3v) is 14.6. The summed E-state index contributed by atoms with van der Waals surface area (Å²) in [5, 5.41) is 23.7. The number of esters is 1. The van der Waals surface area contributed by atoms with Gasteiger partial charge in [0, 0.05) is 51.7 Å². The van der Waals surface area contributed by atoms with Crippen LogP contribution < -0.4 is 5.90 Å². The molecule has 0 radical (unpaired) electrons. The van der Waals surface area contributed by atoms with E-state index in [1.54, 1.807) is 33.3 Å². The molecule has 15 nitrogen and oxygen atoms in total. The third-order valence-electron chi connectivity index (χ3n) is 14.6. The van der Waals surface area contributed by atoms with Crippen LogP contribution in [0.15, 0.2) is 59.3 Å². The quantitative estimate of drug-likeness (QED) is 0.154. The maximum Gasteiger partial charge on any atom is 0.316 e. The van der Waals surface area contributed by atoms with Gasteiger partial charge in [0.05, 0.1) is 49.3 Å². The Hall–Kier alpha value is -2.35. The highest BCUT2D eigenvalue weighted by molar-refractivity contribution is 5.78. The molecule has 20 atom stereocenters. The van der Waals surface area contributed by atoms with Crippen molar-refractivity contribution in [2.24, 2.45) is 29.6 Å². The van der Waals surface area contributed by atoms with Crippen LogP contribution in [0.3, 0.4) is 0 Å². The molecule has 7 aliphatic rings. The van der Waals surface area contributed by atoms with Gasteiger partial charge in [-0.15, -0.1) is 0 Å². The highest BCUT2D eigenvalue weighted by Gasteiger charge is 2.60. The number of methoxy groups -OCH3 is 2. The highest BCUT2D eigenvalue weighted by Crippen LogP contribution is 2.47. The van der Waals surface area contributed by atoms with Gasteiger partial charge < -0.3 is 57.6 Å². The smallest absolute Gasteiger partial charge is 0.316 e. The molecule has 0 amide bonds. The number of hydrogen-bond acceptors (Lipinski definition) is 15. The van der Waals surface area contributed by atoms with Crippen molar-refractivity contribution in [3.05, 3.63) is 59.3 Å². The largest absolute Gasteiger partial charge is 0.462 e. The van der Waals surface area contributed by atoms with Crippen molar-refractivity contribution in [3.63, 3.8) is 0 Å². The van der Waals surface area contributed by atoms with E-state index in [0.29, 0.717) is 43.3 Å². The molecular formula is C48H73NO14. The molecule has 2 bridgehead atoms. The van der Waals surface area contributed by atoms with Crippen molar-refractivity contribution < 1.29 is 67.2 Å². The minimum Gasteiger partial charge on any atom is -0.462 e. The third kappa shape index (κ3) is 10.0. The van der Waals surface area contributed by atoms with Crippen LogP contribution in [0.4, 0.5) is 0 Å². The standard InChI is InChI=1S/C48H73NO14/c1-11-25(2)42-28(5)17-18-47(62-42)23-34-20-33(61-47)16-15-27(4)41(26(3)13-12-14-32-24-55-45-40(50)29(6)19-35(46(51)58-34)48(32,45)52)59-38-21-36(53-9)43(30(7)56-38)60-39-22-37(54-10)44(63-49)31(8)57-39/h12-15,17-19,25-26,28,30-31,33-45,50,52H,11,16,20-24,49H2,1-10H3/b13-12+,27-15+,32-14+/t25-,26+,28+,30+,31+,33-,34+,35+,36+,37+,38+,39+,40-,41+,42-,43+,44+,45-,47-,48-/m1/s1. The number of rotatable bonds is 9. The molecule has 4 N–H and O–H groups in total. The summed E-state index contributed by atoms with van der Waals surface area (Å²) in [5.74, 6) is 2.99. The van der Waals surface area contributed by atoms with Crippen molar-refractivity contribution in [3.8, 4) is 0 Å². The lowest BCUT2D eigenvalue weighted by molar-refractivity contribution is -0.321. The van der Waals surface area contributed by atoms with E-state index in [9.17, 15) is 15.0 Å². The SMILES string of the molecule is CC[C@@H](C)[C@H]1O[C@]2(C=C[C@@H]1C)C[C@@H]1C[C@@H](C/C=C(\C)[C@@H](O[C@H]3C[C@H](OC)[C@@H](O[C@H]4C[C@H](OC)[C@@H](ON)[C@H](C)O4)[C@H](C)O3)[C@@H](C)/C=C/C=C3\CO[C@@H]4[C@H](O)C(C)=C[C@@H](C(=O)O1)[C@]34O)O2. The number of aliphatic hydroxyl groups excluding tert-OH is 1. The molecule has 4 saturated heterocycles. The van der Waals surface area contributed by atoms with Crippen molar-refractivity contribution in [2.45, 2.75) is 191 Å². The Bertz CT molecular complexity index is 1750. The van der Waals surface area contributed by atoms with E-state index < -0.39 is 78.6 Å². The first kappa shape index (κ1) is 48.6. The molecule has 0 aromatic rings. The summed E-state index contributed by atoms with van der Waals surface area (Å²) in [5.41, 5.74) is 0.139. The van der Waals surface area contributed by atoms with Gasteiger partial charge in [0.15, 0.2) is 18.4 Å². The predicted octanol–water partition coefficient (Wildman–Crippen LogP) is 5.28. The number of fused-ring (bicyclic) bond motifs is 2. The Kier molecular flexibility index (Phi) is 15.6. The van der Waals surface area contributed by atoms with Crippen molar-refractivity contribution >= 4 is 5.97 Å². The zero-order chi connectivity index (χ0) is 45.4. The van der Waals surface area contributed by atoms with E-state index in [4.69, 9.17) is 58.1 Å². The summed E-state index contributed by atoms with van der Waals surface area (Å²) in [7, 11) is 3.27. The van der Waals surface area contributed by atoms with Gasteiger partial charge in [-0.3, -0.25) is 9.63 Å². The molecule has 354 valence electrons. The first-order valence-electron chi connectivity index (χ1n) is 23.1. The van der Waals surface area contributed by atoms with E-state index in [2.05, 4.69) is 39.8 Å². The fourth-order valence-electron chi connectivity index (χ4n) is 10.7. The average molecular weight is 888 g/mol. The Morgan fingerprint density at radius 3 is 2.27 bits per heavy atom. The molecule has 6 aliphatic heterocycles. The van der Waals surface area contributed by atoms with Crippen LogP contribution in [-0.4, -0.2) is 134 Å². The van der Waals surface area contributed by atoms with Gasteiger partial charge in [-0.1, -0.05) is 70.6 Å². The van der Waals surface area contributed by atoms with E-state index in [-0.39, 0.29) is 54.9 Å². The normalized spacial score (nSPS) is 48.6. The number of ether oxygens (including phenoxy) is 10. The van der Waals surface area contributed by atoms with Gasteiger partial charge in [-0.05, 0) is 62.8 Å². The topological polar surface area (TPSA) is 185 Å². The zero-order valence-corrected chi connectivity index (χ0v) is 38.8. The Labute approximate surface area is 373 Å². The number of carbonyl (C=O) groups is 1. The van der Waals surface area contributed by atoms with Gasteiger partial charge in [0.25, 0.3) is 0 Å². The van der Waals surface area contributed by atoms with Gasteiger partial charge in [-0.2, -0.15) is 0 Å². The van der Waals surface area contributed by atoms with Gasteiger partial charge in [0.2, 0.25) is 0 Å². The molecule has 1 aliphatic carbocycles. The second-order valence-electron chi connectivity index (χ2n) is 19.1. The van der Waals surface area contributed by atoms with Gasteiger partial charge in [-0.25, -0.2) is 5.90 Å². The molecule has 15 heteroatoms. The second-order valence-corrected chi connectivity index (χ2v) is 19.1. The monoisotopic (exact) mass is 888 g/mol. The van der Waals surface area contributed by atoms with E-state index in [1.165, 1.54) is 0 Å². The van der Waals surface area contributed by atoms with Crippen molar-refractivity contribution in [1.29, 1.82) is 0 Å². The molecule has 0 saturated carbocycles. The molecule has 0 aromatic carbocycles. The molecule has 63 heavy (non-hydrogen) atoms. The first-order chi connectivity index (χ1) is 30.0. The Morgan fingerprint density at radius 1 is 0.905 bits per heavy atom. The fraction of sp³-hybridized carbons (Fsp3) is 0.771. The van der Waals surface area contributed by atoms with Gasteiger partial charge in [0.1, 0.15) is 42.0 Å². The molecule has 4 fully saturated rings. The second kappa shape index (κ2) is 20.3. The number of aliphatic hydroxyl groups is 2. The van der Waals surface area contributed by atoms with E-state index in [1.807, 2.05) is 39.0 Å². The van der Waals surface area contributed by atoms with Crippen LogP contribution in [-0.2, 0) is 57.0 Å². The lowest BCUT2D eigenvalue weighted by Crippen LogP contribution is -2.58.